The van der Waals surface area contributed by atoms with Crippen LogP contribution in [-0.4, -0.2) is 22.4 Å². The summed E-state index contributed by atoms with van der Waals surface area (Å²) >= 11 is 0. The van der Waals surface area contributed by atoms with Crippen molar-refractivity contribution in [2.45, 2.75) is 19.9 Å². The maximum absolute atomic E-state index is 12.4. The van der Waals surface area contributed by atoms with Gasteiger partial charge in [-0.1, -0.05) is 12.1 Å². The minimum absolute atomic E-state index is 0.111. The lowest BCUT2D eigenvalue weighted by molar-refractivity contribution is 0.0935. The number of benzene rings is 1. The maximum Gasteiger partial charge on any atom is 0.271 e. The fourth-order valence-electron chi connectivity index (χ4n) is 2.44. The molecular weight excluding hydrogens is 290 g/mol. The summed E-state index contributed by atoms with van der Waals surface area (Å²) in [5.74, 6) is 0.609. The third-order valence-electron chi connectivity index (χ3n) is 3.81. The van der Waals surface area contributed by atoms with Gasteiger partial charge in [-0.3, -0.25) is 4.79 Å². The fraction of sp³-hybridized carbons (Fsp3) is 0.222. The molecule has 5 nitrogen and oxygen atoms in total. The van der Waals surface area contributed by atoms with E-state index in [1.807, 2.05) is 60.8 Å². The molecule has 3 aromatic rings. The van der Waals surface area contributed by atoms with Crippen molar-refractivity contribution in [1.29, 1.82) is 0 Å². The number of pyridine rings is 1. The second-order valence-electron chi connectivity index (χ2n) is 5.56. The van der Waals surface area contributed by atoms with E-state index in [1.54, 1.807) is 13.3 Å². The average molecular weight is 309 g/mol. The van der Waals surface area contributed by atoms with Crippen LogP contribution in [0, 0.1) is 6.92 Å². The number of aromatic nitrogens is 2. The molecule has 0 spiro atoms. The first kappa shape index (κ1) is 15.1. The van der Waals surface area contributed by atoms with Gasteiger partial charge < -0.3 is 14.5 Å². The van der Waals surface area contributed by atoms with Crippen molar-refractivity contribution in [3.05, 3.63) is 65.6 Å². The summed E-state index contributed by atoms with van der Waals surface area (Å²) in [4.78, 5) is 16.8. The smallest absolute Gasteiger partial charge is 0.271 e. The van der Waals surface area contributed by atoms with Crippen LogP contribution in [0.2, 0.25) is 0 Å². The van der Waals surface area contributed by atoms with E-state index < -0.39 is 0 Å². The molecule has 23 heavy (non-hydrogen) atoms. The van der Waals surface area contributed by atoms with Crippen molar-refractivity contribution in [2.75, 3.05) is 7.11 Å². The van der Waals surface area contributed by atoms with Gasteiger partial charge in [0, 0.05) is 12.4 Å². The molecule has 0 saturated heterocycles. The molecule has 2 heterocycles. The number of amides is 1. The summed E-state index contributed by atoms with van der Waals surface area (Å²) in [6.45, 7) is 3.94. The van der Waals surface area contributed by atoms with E-state index in [0.29, 0.717) is 5.69 Å². The SMILES string of the molecule is COc1ccc(C(C)NC(=O)c2cn3ccc(C)cc3n2)cc1. The molecule has 1 N–H and O–H groups in total. The van der Waals surface area contributed by atoms with Crippen molar-refractivity contribution in [2.24, 2.45) is 0 Å². The summed E-state index contributed by atoms with van der Waals surface area (Å²) in [6, 6.07) is 11.5. The highest BCUT2D eigenvalue weighted by molar-refractivity contribution is 5.93. The first-order valence-electron chi connectivity index (χ1n) is 7.47. The van der Waals surface area contributed by atoms with Crippen LogP contribution in [0.3, 0.4) is 0 Å². The highest BCUT2D eigenvalue weighted by atomic mass is 16.5. The van der Waals surface area contributed by atoms with Crippen LogP contribution in [0.4, 0.5) is 0 Å². The highest BCUT2D eigenvalue weighted by Gasteiger charge is 2.14. The molecule has 1 atom stereocenters. The summed E-state index contributed by atoms with van der Waals surface area (Å²) in [5.41, 5.74) is 3.31. The van der Waals surface area contributed by atoms with Crippen molar-refractivity contribution < 1.29 is 9.53 Å². The second-order valence-corrected chi connectivity index (χ2v) is 5.56. The molecule has 1 unspecified atom stereocenters. The minimum Gasteiger partial charge on any atom is -0.497 e. The molecule has 5 heteroatoms. The Kier molecular flexibility index (Phi) is 4.02. The van der Waals surface area contributed by atoms with Crippen molar-refractivity contribution >= 4 is 11.6 Å². The van der Waals surface area contributed by atoms with Crippen LogP contribution in [0.15, 0.2) is 48.8 Å². The van der Waals surface area contributed by atoms with Crippen LogP contribution < -0.4 is 10.1 Å². The third-order valence-corrected chi connectivity index (χ3v) is 3.81. The van der Waals surface area contributed by atoms with Crippen LogP contribution in [-0.2, 0) is 0 Å². The lowest BCUT2D eigenvalue weighted by Crippen LogP contribution is -2.26. The number of rotatable bonds is 4. The van der Waals surface area contributed by atoms with E-state index in [9.17, 15) is 4.79 Å². The number of ether oxygens (including phenoxy) is 1. The Hall–Kier alpha value is -2.82. The molecule has 118 valence electrons. The highest BCUT2D eigenvalue weighted by Crippen LogP contribution is 2.18. The molecule has 1 aromatic carbocycles. The minimum atomic E-state index is -0.185. The number of hydrogen-bond acceptors (Lipinski definition) is 3. The lowest BCUT2D eigenvalue weighted by Gasteiger charge is -2.13. The van der Waals surface area contributed by atoms with E-state index in [2.05, 4.69) is 10.3 Å². The van der Waals surface area contributed by atoms with Gasteiger partial charge in [-0.15, -0.1) is 0 Å². The third kappa shape index (κ3) is 3.18. The van der Waals surface area contributed by atoms with Crippen molar-refractivity contribution in [3.8, 4) is 5.75 Å². The molecule has 0 aliphatic rings. The zero-order valence-electron chi connectivity index (χ0n) is 13.4. The molecule has 0 aliphatic heterocycles. The number of carbonyl (C=O) groups is 1. The van der Waals surface area contributed by atoms with Gasteiger partial charge in [0.2, 0.25) is 0 Å². The number of nitrogens with zero attached hydrogens (tertiary/aromatic N) is 2. The molecule has 0 radical (unpaired) electrons. The van der Waals surface area contributed by atoms with Crippen molar-refractivity contribution in [3.63, 3.8) is 0 Å². The molecule has 0 saturated carbocycles. The molecule has 2 aromatic heterocycles. The summed E-state index contributed by atoms with van der Waals surface area (Å²) < 4.78 is 6.99. The monoisotopic (exact) mass is 309 g/mol. The number of aryl methyl sites for hydroxylation is 1. The first-order chi connectivity index (χ1) is 11.1. The van der Waals surface area contributed by atoms with E-state index in [1.165, 1.54) is 0 Å². The Morgan fingerprint density at radius 2 is 2.00 bits per heavy atom. The van der Waals surface area contributed by atoms with Crippen LogP contribution in [0.1, 0.15) is 34.6 Å². The average Bonchev–Trinajstić information content (AvgIpc) is 2.98. The molecule has 1 amide bonds. The topological polar surface area (TPSA) is 55.6 Å². The standard InChI is InChI=1S/C18H19N3O2/c1-12-8-9-21-11-16(20-17(21)10-12)18(22)19-13(2)14-4-6-15(23-3)7-5-14/h4-11,13H,1-3H3,(H,19,22). The van der Waals surface area contributed by atoms with Crippen LogP contribution in [0.5, 0.6) is 5.75 Å². The maximum atomic E-state index is 12.4. The first-order valence-corrected chi connectivity index (χ1v) is 7.47. The predicted molar refractivity (Wildman–Crippen MR) is 88.8 cm³/mol. The summed E-state index contributed by atoms with van der Waals surface area (Å²) in [5, 5.41) is 2.97. The zero-order chi connectivity index (χ0) is 16.4. The van der Waals surface area contributed by atoms with Gasteiger partial charge in [-0.05, 0) is 49.2 Å². The summed E-state index contributed by atoms with van der Waals surface area (Å²) in [6.07, 6.45) is 3.65. The molecular formula is C18H19N3O2. The lowest BCUT2D eigenvalue weighted by atomic mass is 10.1. The van der Waals surface area contributed by atoms with E-state index in [4.69, 9.17) is 4.74 Å². The fourth-order valence-corrected chi connectivity index (χ4v) is 2.44. The number of imidazole rings is 1. The quantitative estimate of drug-likeness (QED) is 0.805. The van der Waals surface area contributed by atoms with Crippen molar-refractivity contribution in [1.82, 2.24) is 14.7 Å². The molecule has 0 bridgehead atoms. The zero-order valence-corrected chi connectivity index (χ0v) is 13.4. The van der Waals surface area contributed by atoms with Gasteiger partial charge in [-0.25, -0.2) is 4.98 Å². The molecule has 0 fully saturated rings. The molecule has 0 aliphatic carbocycles. The van der Waals surface area contributed by atoms with Gasteiger partial charge in [0.05, 0.1) is 13.2 Å². The Bertz CT molecular complexity index is 837. The Morgan fingerprint density at radius 1 is 1.26 bits per heavy atom. The second kappa shape index (κ2) is 6.12. The predicted octanol–water partition coefficient (Wildman–Crippen LogP) is 3.14. The van der Waals surface area contributed by atoms with E-state index in [0.717, 1.165) is 22.5 Å². The number of fused-ring (bicyclic) bond motifs is 1. The number of carbonyl (C=O) groups excluding carboxylic acids is 1. The van der Waals surface area contributed by atoms with Gasteiger partial charge in [-0.2, -0.15) is 0 Å². The van der Waals surface area contributed by atoms with Gasteiger partial charge in [0.25, 0.3) is 5.91 Å². The van der Waals surface area contributed by atoms with Crippen LogP contribution >= 0.6 is 0 Å². The number of hydrogen-bond donors (Lipinski definition) is 1. The Labute approximate surface area is 134 Å². The summed E-state index contributed by atoms with van der Waals surface area (Å²) in [7, 11) is 1.63. The Balaban J connectivity index is 1.76. The largest absolute Gasteiger partial charge is 0.497 e. The van der Waals surface area contributed by atoms with E-state index in [-0.39, 0.29) is 11.9 Å². The van der Waals surface area contributed by atoms with E-state index >= 15 is 0 Å². The van der Waals surface area contributed by atoms with Gasteiger partial charge in [0.15, 0.2) is 0 Å². The van der Waals surface area contributed by atoms with Crippen LogP contribution in [0.25, 0.3) is 5.65 Å². The van der Waals surface area contributed by atoms with Gasteiger partial charge >= 0.3 is 0 Å². The number of methoxy groups -OCH3 is 1. The number of nitrogens with one attached hydrogen (secondary N) is 1. The molecule has 3 rings (SSSR count). The Morgan fingerprint density at radius 3 is 2.70 bits per heavy atom. The normalized spacial score (nSPS) is 12.1. The van der Waals surface area contributed by atoms with Gasteiger partial charge in [0.1, 0.15) is 17.1 Å².